The number of nitrogens with one attached hydrogen (secondary N) is 1. The number of carbonyl (C=O) groups excluding carboxylic acids is 1. The highest BCUT2D eigenvalue weighted by Gasteiger charge is 2.14. The van der Waals surface area contributed by atoms with Crippen LogP contribution in [-0.4, -0.2) is 27.2 Å². The molecule has 0 saturated heterocycles. The minimum Gasteiger partial charge on any atom is -0.330 e. The molecule has 1 aromatic carbocycles. The highest BCUT2D eigenvalue weighted by Crippen LogP contribution is 2.25. The van der Waals surface area contributed by atoms with E-state index in [0.29, 0.717) is 13.0 Å². The molecule has 1 aromatic heterocycles. The van der Waals surface area contributed by atoms with Gasteiger partial charge in [0.25, 0.3) is 0 Å². The van der Waals surface area contributed by atoms with E-state index in [1.54, 1.807) is 6.33 Å². The van der Waals surface area contributed by atoms with Gasteiger partial charge in [-0.2, -0.15) is 0 Å². The second-order valence-corrected chi connectivity index (χ2v) is 5.07. The summed E-state index contributed by atoms with van der Waals surface area (Å²) < 4.78 is 1.82. The third-order valence-corrected chi connectivity index (χ3v) is 3.54. The number of rotatable bonds is 6. The Morgan fingerprint density at radius 1 is 1.43 bits per heavy atom. The van der Waals surface area contributed by atoms with Crippen molar-refractivity contribution < 1.29 is 4.79 Å². The molecule has 0 spiro atoms. The van der Waals surface area contributed by atoms with Crippen LogP contribution in [0.15, 0.2) is 30.6 Å². The lowest BCUT2D eigenvalue weighted by Gasteiger charge is -2.14. The number of benzene rings is 1. The van der Waals surface area contributed by atoms with Gasteiger partial charge in [0.1, 0.15) is 6.33 Å². The third kappa shape index (κ3) is 3.66. The van der Waals surface area contributed by atoms with Gasteiger partial charge in [-0.15, -0.1) is 10.2 Å². The molecular weight excluding hydrogens is 266 g/mol. The van der Waals surface area contributed by atoms with Gasteiger partial charge < -0.3 is 15.6 Å². The van der Waals surface area contributed by atoms with Crippen LogP contribution in [0.3, 0.4) is 0 Å². The van der Waals surface area contributed by atoms with Crippen LogP contribution < -0.4 is 11.1 Å². The van der Waals surface area contributed by atoms with Gasteiger partial charge in [0.2, 0.25) is 5.91 Å². The first-order chi connectivity index (χ1) is 10.2. The molecule has 112 valence electrons. The zero-order valence-electron chi connectivity index (χ0n) is 12.4. The van der Waals surface area contributed by atoms with Crippen molar-refractivity contribution in [3.63, 3.8) is 0 Å². The number of aromatic nitrogens is 3. The Labute approximate surface area is 124 Å². The molecular formula is C15H21N5O. The molecule has 6 nitrogen and oxygen atoms in total. The van der Waals surface area contributed by atoms with E-state index >= 15 is 0 Å². The summed E-state index contributed by atoms with van der Waals surface area (Å²) in [6.45, 7) is 2.56. The first kappa shape index (κ1) is 15.2. The number of anilines is 1. The summed E-state index contributed by atoms with van der Waals surface area (Å²) in [6, 6.07) is 7.58. The molecule has 0 aliphatic carbocycles. The van der Waals surface area contributed by atoms with Crippen molar-refractivity contribution in [2.24, 2.45) is 18.7 Å². The number of hydrogen-bond acceptors (Lipinski definition) is 4. The van der Waals surface area contributed by atoms with Gasteiger partial charge in [0, 0.05) is 19.0 Å². The lowest BCUT2D eigenvalue weighted by Crippen LogP contribution is -2.22. The highest BCUT2D eigenvalue weighted by molar-refractivity contribution is 5.94. The largest absolute Gasteiger partial charge is 0.330 e. The Balaban J connectivity index is 2.18. The minimum absolute atomic E-state index is 0.0260. The summed E-state index contributed by atoms with van der Waals surface area (Å²) >= 11 is 0. The van der Waals surface area contributed by atoms with E-state index in [4.69, 9.17) is 5.73 Å². The second kappa shape index (κ2) is 6.99. The van der Waals surface area contributed by atoms with Crippen molar-refractivity contribution >= 4 is 11.6 Å². The Hall–Kier alpha value is -2.21. The number of carbonyl (C=O) groups is 1. The summed E-state index contributed by atoms with van der Waals surface area (Å²) in [5, 5.41) is 10.9. The lowest BCUT2D eigenvalue weighted by molar-refractivity contribution is -0.117. The zero-order valence-corrected chi connectivity index (χ0v) is 12.4. The molecule has 1 heterocycles. The summed E-state index contributed by atoms with van der Waals surface area (Å²) in [5.41, 5.74) is 7.24. The van der Waals surface area contributed by atoms with E-state index < -0.39 is 0 Å². The number of para-hydroxylation sites is 1. The van der Waals surface area contributed by atoms with Crippen LogP contribution in [-0.2, 0) is 11.8 Å². The van der Waals surface area contributed by atoms with E-state index in [0.717, 1.165) is 23.5 Å². The molecule has 0 bridgehead atoms. The van der Waals surface area contributed by atoms with Crippen molar-refractivity contribution in [2.75, 3.05) is 11.9 Å². The number of nitrogens with zero attached hydrogens (tertiary/aromatic N) is 3. The molecule has 2 aromatic rings. The minimum atomic E-state index is -0.0260. The van der Waals surface area contributed by atoms with Crippen LogP contribution in [0.25, 0.3) is 11.4 Å². The smallest absolute Gasteiger partial charge is 0.224 e. The van der Waals surface area contributed by atoms with Crippen molar-refractivity contribution in [1.82, 2.24) is 14.8 Å². The fraction of sp³-hybridized carbons (Fsp3) is 0.400. The van der Waals surface area contributed by atoms with Crippen LogP contribution in [0.5, 0.6) is 0 Å². The summed E-state index contributed by atoms with van der Waals surface area (Å²) in [5.74, 6) is 0.908. The Morgan fingerprint density at radius 2 is 2.19 bits per heavy atom. The summed E-state index contributed by atoms with van der Waals surface area (Å²) in [4.78, 5) is 12.1. The molecule has 6 heteroatoms. The van der Waals surface area contributed by atoms with Crippen LogP contribution in [0.1, 0.15) is 19.8 Å². The van der Waals surface area contributed by atoms with Crippen molar-refractivity contribution in [2.45, 2.75) is 19.8 Å². The van der Waals surface area contributed by atoms with E-state index in [9.17, 15) is 4.79 Å². The maximum absolute atomic E-state index is 12.1. The first-order valence-corrected chi connectivity index (χ1v) is 7.09. The molecule has 1 unspecified atom stereocenters. The Morgan fingerprint density at radius 3 is 2.81 bits per heavy atom. The molecule has 1 atom stereocenters. The molecule has 0 saturated carbocycles. The highest BCUT2D eigenvalue weighted by atomic mass is 16.1. The molecule has 0 aliphatic rings. The molecule has 3 N–H and O–H groups in total. The van der Waals surface area contributed by atoms with Gasteiger partial charge in [0.15, 0.2) is 5.82 Å². The Kier molecular flexibility index (Phi) is 5.05. The fourth-order valence-electron chi connectivity index (χ4n) is 2.17. The first-order valence-electron chi connectivity index (χ1n) is 7.09. The van der Waals surface area contributed by atoms with E-state index in [1.807, 2.05) is 42.8 Å². The summed E-state index contributed by atoms with van der Waals surface area (Å²) in [6.07, 6.45) is 2.96. The van der Waals surface area contributed by atoms with Crippen molar-refractivity contribution in [1.29, 1.82) is 0 Å². The topological polar surface area (TPSA) is 85.8 Å². The van der Waals surface area contributed by atoms with Gasteiger partial charge in [0.05, 0.1) is 5.69 Å². The molecule has 2 rings (SSSR count). The average Bonchev–Trinajstić information content (AvgIpc) is 2.91. The maximum Gasteiger partial charge on any atom is 0.224 e. The van der Waals surface area contributed by atoms with Crippen LogP contribution in [0.4, 0.5) is 5.69 Å². The number of hydrogen-bond donors (Lipinski definition) is 2. The maximum atomic E-state index is 12.1. The quantitative estimate of drug-likeness (QED) is 0.848. The Bertz CT molecular complexity index is 604. The number of aryl methyl sites for hydroxylation is 1. The monoisotopic (exact) mass is 287 g/mol. The molecule has 1 amide bonds. The van der Waals surface area contributed by atoms with Gasteiger partial charge in [-0.25, -0.2) is 0 Å². The third-order valence-electron chi connectivity index (χ3n) is 3.54. The zero-order chi connectivity index (χ0) is 15.2. The van der Waals surface area contributed by atoms with Crippen molar-refractivity contribution in [3.05, 3.63) is 30.6 Å². The second-order valence-electron chi connectivity index (χ2n) is 5.07. The molecule has 21 heavy (non-hydrogen) atoms. The van der Waals surface area contributed by atoms with Gasteiger partial charge in [-0.05, 0) is 24.6 Å². The van der Waals surface area contributed by atoms with Crippen molar-refractivity contribution in [3.8, 4) is 11.4 Å². The van der Waals surface area contributed by atoms with Crippen LogP contribution in [0, 0.1) is 5.92 Å². The van der Waals surface area contributed by atoms with E-state index in [1.165, 1.54) is 0 Å². The van der Waals surface area contributed by atoms with Crippen LogP contribution in [0.2, 0.25) is 0 Å². The average molecular weight is 287 g/mol. The number of nitrogens with two attached hydrogens (primary N) is 1. The molecule has 0 radical (unpaired) electrons. The molecule has 0 aliphatic heterocycles. The van der Waals surface area contributed by atoms with Gasteiger partial charge in [-0.1, -0.05) is 25.5 Å². The van der Waals surface area contributed by atoms with Gasteiger partial charge >= 0.3 is 0 Å². The predicted octanol–water partition coefficient (Wildman–Crippen LogP) is 1.80. The standard InChI is InChI=1S/C15H21N5O/c1-3-11(9-16)8-14(21)18-13-7-5-4-6-12(13)15-19-17-10-20(15)2/h4-7,10-11H,3,8-9,16H2,1-2H3,(H,18,21). The van der Waals surface area contributed by atoms with Gasteiger partial charge in [-0.3, -0.25) is 4.79 Å². The van der Waals surface area contributed by atoms with Crippen LogP contribution >= 0.6 is 0 Å². The fourth-order valence-corrected chi connectivity index (χ4v) is 2.17. The normalized spacial score (nSPS) is 12.1. The van der Waals surface area contributed by atoms with E-state index in [-0.39, 0.29) is 11.8 Å². The lowest BCUT2D eigenvalue weighted by atomic mass is 10.0. The predicted molar refractivity (Wildman–Crippen MR) is 82.5 cm³/mol. The summed E-state index contributed by atoms with van der Waals surface area (Å²) in [7, 11) is 1.87. The SMILES string of the molecule is CCC(CN)CC(=O)Nc1ccccc1-c1nncn1C. The van der Waals surface area contributed by atoms with E-state index in [2.05, 4.69) is 15.5 Å². The number of amides is 1. The molecule has 0 fully saturated rings.